The van der Waals surface area contributed by atoms with E-state index in [1.54, 1.807) is 0 Å². The molecule has 3 heteroatoms. The minimum absolute atomic E-state index is 0.00357. The molecule has 17 heavy (non-hydrogen) atoms. The Balaban J connectivity index is 2.19. The van der Waals surface area contributed by atoms with Crippen molar-refractivity contribution in [3.8, 4) is 0 Å². The molecule has 1 N–H and O–H groups in total. The standard InChI is InChI=1S/C14H18N2O/c1-3-4-11-5-7-12(8-6-11)14-10(2)9-13(17)15-16-14/h5-8,10H,3-4,9H2,1-2H3,(H,15,17)/t10-/m1/s1. The summed E-state index contributed by atoms with van der Waals surface area (Å²) in [7, 11) is 0. The highest BCUT2D eigenvalue weighted by Crippen LogP contribution is 2.17. The van der Waals surface area contributed by atoms with Gasteiger partial charge >= 0.3 is 0 Å². The van der Waals surface area contributed by atoms with Crippen LogP contribution in [0.3, 0.4) is 0 Å². The molecule has 1 aliphatic heterocycles. The van der Waals surface area contributed by atoms with Crippen molar-refractivity contribution in [2.75, 3.05) is 0 Å². The Kier molecular flexibility index (Phi) is 3.57. The molecule has 2 rings (SSSR count). The second-order valence-electron chi connectivity index (χ2n) is 4.58. The monoisotopic (exact) mass is 230 g/mol. The van der Waals surface area contributed by atoms with Gasteiger partial charge in [0.05, 0.1) is 5.71 Å². The van der Waals surface area contributed by atoms with Crippen LogP contribution in [-0.2, 0) is 11.2 Å². The van der Waals surface area contributed by atoms with Gasteiger partial charge in [-0.05, 0) is 17.5 Å². The van der Waals surface area contributed by atoms with Crippen LogP contribution >= 0.6 is 0 Å². The highest BCUT2D eigenvalue weighted by Gasteiger charge is 2.21. The molecular weight excluding hydrogens is 212 g/mol. The Morgan fingerprint density at radius 1 is 1.35 bits per heavy atom. The zero-order valence-corrected chi connectivity index (χ0v) is 10.4. The van der Waals surface area contributed by atoms with Crippen LogP contribution in [0.25, 0.3) is 0 Å². The van der Waals surface area contributed by atoms with Crippen molar-refractivity contribution < 1.29 is 4.79 Å². The zero-order valence-electron chi connectivity index (χ0n) is 10.4. The molecule has 1 aliphatic rings. The molecule has 0 unspecified atom stereocenters. The first-order valence-corrected chi connectivity index (χ1v) is 6.16. The van der Waals surface area contributed by atoms with Gasteiger partial charge in [-0.15, -0.1) is 0 Å². The number of hydrazone groups is 1. The fourth-order valence-electron chi connectivity index (χ4n) is 2.13. The first-order chi connectivity index (χ1) is 8.20. The molecule has 0 radical (unpaired) electrons. The van der Waals surface area contributed by atoms with Crippen molar-refractivity contribution >= 4 is 11.6 Å². The van der Waals surface area contributed by atoms with Crippen LogP contribution in [0, 0.1) is 5.92 Å². The Labute approximate surface area is 102 Å². The number of carbonyl (C=O) groups excluding carboxylic acids is 1. The van der Waals surface area contributed by atoms with Crippen LogP contribution in [0.1, 0.15) is 37.8 Å². The van der Waals surface area contributed by atoms with Crippen molar-refractivity contribution in [1.29, 1.82) is 0 Å². The number of hydrogen-bond acceptors (Lipinski definition) is 2. The number of benzene rings is 1. The summed E-state index contributed by atoms with van der Waals surface area (Å²) < 4.78 is 0. The smallest absolute Gasteiger partial charge is 0.240 e. The normalized spacial score (nSPS) is 19.8. The van der Waals surface area contributed by atoms with Gasteiger partial charge < -0.3 is 0 Å². The average Bonchev–Trinajstić information content (AvgIpc) is 2.31. The van der Waals surface area contributed by atoms with Crippen LogP contribution in [0.2, 0.25) is 0 Å². The molecule has 0 aromatic heterocycles. The number of nitrogens with one attached hydrogen (secondary N) is 1. The summed E-state index contributed by atoms with van der Waals surface area (Å²) in [5.41, 5.74) is 5.99. The molecule has 0 saturated heterocycles. The minimum Gasteiger partial charge on any atom is -0.273 e. The summed E-state index contributed by atoms with van der Waals surface area (Å²) in [6, 6.07) is 8.48. The Morgan fingerprint density at radius 3 is 2.65 bits per heavy atom. The minimum atomic E-state index is 0.00357. The van der Waals surface area contributed by atoms with Crippen LogP contribution < -0.4 is 5.43 Å². The van der Waals surface area contributed by atoms with Crippen molar-refractivity contribution in [3.05, 3.63) is 35.4 Å². The van der Waals surface area contributed by atoms with Crippen LogP contribution in [0.15, 0.2) is 29.4 Å². The predicted octanol–water partition coefficient (Wildman–Crippen LogP) is 2.50. The number of nitrogens with zero attached hydrogens (tertiary/aromatic N) is 1. The summed E-state index contributed by atoms with van der Waals surface area (Å²) in [6.45, 7) is 4.22. The average molecular weight is 230 g/mol. The van der Waals surface area contributed by atoms with E-state index in [0.29, 0.717) is 6.42 Å². The molecule has 0 spiro atoms. The summed E-state index contributed by atoms with van der Waals surface area (Å²) in [6.07, 6.45) is 2.79. The fraction of sp³-hybridized carbons (Fsp3) is 0.429. The van der Waals surface area contributed by atoms with Crippen LogP contribution in [0.5, 0.6) is 0 Å². The lowest BCUT2D eigenvalue weighted by Crippen LogP contribution is -2.31. The van der Waals surface area contributed by atoms with E-state index in [-0.39, 0.29) is 11.8 Å². The summed E-state index contributed by atoms with van der Waals surface area (Å²) in [5.74, 6) is 0.199. The van der Waals surface area contributed by atoms with Gasteiger partial charge in [-0.3, -0.25) is 4.79 Å². The maximum absolute atomic E-state index is 11.2. The van der Waals surface area contributed by atoms with Crippen LogP contribution in [0.4, 0.5) is 0 Å². The second-order valence-corrected chi connectivity index (χ2v) is 4.58. The molecule has 1 amide bonds. The topological polar surface area (TPSA) is 41.5 Å². The largest absolute Gasteiger partial charge is 0.273 e. The van der Waals surface area contributed by atoms with Crippen molar-refractivity contribution in [2.45, 2.75) is 33.1 Å². The first-order valence-electron chi connectivity index (χ1n) is 6.16. The van der Waals surface area contributed by atoms with Crippen molar-refractivity contribution in [2.24, 2.45) is 11.0 Å². The van der Waals surface area contributed by atoms with Gasteiger partial charge in [-0.1, -0.05) is 44.5 Å². The maximum atomic E-state index is 11.2. The number of hydrogen-bond donors (Lipinski definition) is 1. The van der Waals surface area contributed by atoms with E-state index in [0.717, 1.165) is 24.1 Å². The van der Waals surface area contributed by atoms with Gasteiger partial charge in [0.15, 0.2) is 0 Å². The third kappa shape index (κ3) is 2.73. The quantitative estimate of drug-likeness (QED) is 0.851. The van der Waals surface area contributed by atoms with E-state index in [9.17, 15) is 4.79 Å². The lowest BCUT2D eigenvalue weighted by atomic mass is 9.93. The van der Waals surface area contributed by atoms with Gasteiger partial charge in [-0.2, -0.15) is 5.10 Å². The summed E-state index contributed by atoms with van der Waals surface area (Å²) in [5, 5.41) is 4.15. The third-order valence-electron chi connectivity index (χ3n) is 3.05. The summed E-state index contributed by atoms with van der Waals surface area (Å²) >= 11 is 0. The molecule has 0 saturated carbocycles. The zero-order chi connectivity index (χ0) is 12.3. The molecule has 1 heterocycles. The molecule has 90 valence electrons. The maximum Gasteiger partial charge on any atom is 0.240 e. The Hall–Kier alpha value is -1.64. The molecule has 1 aromatic carbocycles. The molecule has 1 aromatic rings. The third-order valence-corrected chi connectivity index (χ3v) is 3.05. The van der Waals surface area contributed by atoms with Gasteiger partial charge in [0.25, 0.3) is 0 Å². The molecular formula is C14H18N2O. The number of rotatable bonds is 3. The highest BCUT2D eigenvalue weighted by molar-refractivity contribution is 6.05. The first kappa shape index (κ1) is 11.8. The van der Waals surface area contributed by atoms with E-state index in [1.165, 1.54) is 5.56 Å². The molecule has 0 bridgehead atoms. The highest BCUT2D eigenvalue weighted by atomic mass is 16.2. The second kappa shape index (κ2) is 5.13. The van der Waals surface area contributed by atoms with Crippen molar-refractivity contribution in [1.82, 2.24) is 5.43 Å². The van der Waals surface area contributed by atoms with Gasteiger partial charge in [-0.25, -0.2) is 5.43 Å². The van der Waals surface area contributed by atoms with E-state index < -0.39 is 0 Å². The molecule has 0 fully saturated rings. The van der Waals surface area contributed by atoms with Crippen molar-refractivity contribution in [3.63, 3.8) is 0 Å². The number of aryl methyl sites for hydroxylation is 1. The van der Waals surface area contributed by atoms with E-state index >= 15 is 0 Å². The van der Waals surface area contributed by atoms with E-state index in [1.807, 2.05) is 6.92 Å². The fourth-order valence-corrected chi connectivity index (χ4v) is 2.13. The van der Waals surface area contributed by atoms with E-state index in [4.69, 9.17) is 0 Å². The van der Waals surface area contributed by atoms with Gasteiger partial charge in [0.2, 0.25) is 5.91 Å². The SMILES string of the molecule is CCCc1ccc(C2=NNC(=O)C[C@H]2C)cc1. The lowest BCUT2D eigenvalue weighted by molar-refractivity contribution is -0.121. The predicted molar refractivity (Wildman–Crippen MR) is 68.9 cm³/mol. The van der Waals surface area contributed by atoms with Gasteiger partial charge in [0, 0.05) is 12.3 Å². The van der Waals surface area contributed by atoms with Crippen LogP contribution in [-0.4, -0.2) is 11.6 Å². The molecule has 0 aliphatic carbocycles. The summed E-state index contributed by atoms with van der Waals surface area (Å²) in [4.78, 5) is 11.2. The number of carbonyl (C=O) groups is 1. The molecule has 1 atom stereocenters. The Bertz CT molecular complexity index is 434. The Morgan fingerprint density at radius 2 is 2.06 bits per heavy atom. The van der Waals surface area contributed by atoms with Gasteiger partial charge in [0.1, 0.15) is 0 Å². The lowest BCUT2D eigenvalue weighted by Gasteiger charge is -2.19. The molecule has 3 nitrogen and oxygen atoms in total. The van der Waals surface area contributed by atoms with E-state index in [2.05, 4.69) is 41.7 Å². The number of amides is 1.